The summed E-state index contributed by atoms with van der Waals surface area (Å²) < 4.78 is 56.6. The topological polar surface area (TPSA) is 118 Å². The maximum atomic E-state index is 11.5. The molecule has 0 radical (unpaired) electrons. The van der Waals surface area contributed by atoms with Gasteiger partial charge in [-0.25, -0.2) is 16.8 Å². The third kappa shape index (κ3) is 8.58. The smallest absolute Gasteiger partial charge is 0.229 e. The molecule has 0 atom stereocenters. The molecule has 0 amide bonds. The highest BCUT2D eigenvalue weighted by Crippen LogP contribution is 2.26. The molecule has 0 unspecified atom stereocenters. The van der Waals surface area contributed by atoms with Crippen molar-refractivity contribution in [1.29, 1.82) is 0 Å². The maximum absolute atomic E-state index is 11.5. The van der Waals surface area contributed by atoms with Crippen molar-refractivity contribution in [1.82, 2.24) is 9.88 Å². The largest absolute Gasteiger partial charge is 0.494 e. The van der Waals surface area contributed by atoms with Crippen LogP contribution in [0.3, 0.4) is 0 Å². The maximum Gasteiger partial charge on any atom is 0.229 e. The molecule has 2 aromatic carbocycles. The molecule has 200 valence electrons. The van der Waals surface area contributed by atoms with E-state index in [2.05, 4.69) is 14.3 Å². The average molecular weight is 547 g/mol. The van der Waals surface area contributed by atoms with Gasteiger partial charge in [0.2, 0.25) is 20.0 Å². The minimum Gasteiger partial charge on any atom is -0.494 e. The predicted molar refractivity (Wildman–Crippen MR) is 148 cm³/mol. The van der Waals surface area contributed by atoms with E-state index < -0.39 is 20.0 Å². The Kier molecular flexibility index (Phi) is 8.56. The summed E-state index contributed by atoms with van der Waals surface area (Å²) in [5.41, 5.74) is 2.85. The van der Waals surface area contributed by atoms with E-state index in [4.69, 9.17) is 9.72 Å². The Morgan fingerprint density at radius 1 is 0.892 bits per heavy atom. The lowest BCUT2D eigenvalue weighted by Crippen LogP contribution is -2.34. The molecule has 1 aliphatic rings. The molecule has 1 saturated carbocycles. The summed E-state index contributed by atoms with van der Waals surface area (Å²) in [6.45, 7) is 2.19. The minimum absolute atomic E-state index is 0.507. The fourth-order valence-electron chi connectivity index (χ4n) is 4.69. The Morgan fingerprint density at radius 3 is 2.22 bits per heavy atom. The van der Waals surface area contributed by atoms with Gasteiger partial charge in [-0.3, -0.25) is 19.3 Å². The number of hydrogen-bond acceptors (Lipinski definition) is 7. The number of aromatic nitrogens is 1. The third-order valence-corrected chi connectivity index (χ3v) is 7.49. The van der Waals surface area contributed by atoms with E-state index in [0.29, 0.717) is 29.8 Å². The second-order valence-corrected chi connectivity index (χ2v) is 13.1. The summed E-state index contributed by atoms with van der Waals surface area (Å²) in [7, 11) is -6.63. The van der Waals surface area contributed by atoms with Gasteiger partial charge in [0.05, 0.1) is 30.3 Å². The summed E-state index contributed by atoms with van der Waals surface area (Å²) in [5, 5.41) is 0.885. The molecule has 9 nitrogen and oxygen atoms in total. The van der Waals surface area contributed by atoms with Crippen LogP contribution in [0.1, 0.15) is 37.8 Å². The average Bonchev–Trinajstić information content (AvgIpc) is 3.35. The number of rotatable bonds is 12. The zero-order valence-electron chi connectivity index (χ0n) is 21.2. The number of pyridine rings is 1. The van der Waals surface area contributed by atoms with Crippen LogP contribution in [0.25, 0.3) is 10.9 Å². The van der Waals surface area contributed by atoms with Crippen molar-refractivity contribution >= 4 is 42.3 Å². The number of benzene rings is 2. The van der Waals surface area contributed by atoms with Crippen molar-refractivity contribution in [2.24, 2.45) is 0 Å². The number of nitrogens with zero attached hydrogens (tertiary/aromatic N) is 2. The molecule has 0 aliphatic heterocycles. The van der Waals surface area contributed by atoms with Crippen LogP contribution in [-0.2, 0) is 26.6 Å². The van der Waals surface area contributed by atoms with Gasteiger partial charge in [0, 0.05) is 35.9 Å². The lowest BCUT2D eigenvalue weighted by atomic mass is 10.1. The van der Waals surface area contributed by atoms with Crippen LogP contribution in [0.4, 0.5) is 11.4 Å². The van der Waals surface area contributed by atoms with Gasteiger partial charge in [0.15, 0.2) is 0 Å². The number of hydrogen-bond donors (Lipinski definition) is 2. The van der Waals surface area contributed by atoms with E-state index in [9.17, 15) is 16.8 Å². The molecule has 0 spiro atoms. The first kappa shape index (κ1) is 27.2. The first-order valence-electron chi connectivity index (χ1n) is 12.4. The van der Waals surface area contributed by atoms with Gasteiger partial charge in [0.1, 0.15) is 5.75 Å². The highest BCUT2D eigenvalue weighted by molar-refractivity contribution is 7.92. The van der Waals surface area contributed by atoms with E-state index in [1.807, 2.05) is 18.2 Å². The number of ether oxygens (including phenoxy) is 1. The van der Waals surface area contributed by atoms with Crippen molar-refractivity contribution in [3.8, 4) is 5.75 Å². The molecule has 11 heteroatoms. The summed E-state index contributed by atoms with van der Waals surface area (Å²) >= 11 is 0. The molecule has 1 fully saturated rings. The summed E-state index contributed by atoms with van der Waals surface area (Å²) in [4.78, 5) is 7.32. The Balaban J connectivity index is 1.35. The zero-order chi connectivity index (χ0) is 26.5. The van der Waals surface area contributed by atoms with Crippen LogP contribution >= 0.6 is 0 Å². The highest BCUT2D eigenvalue weighted by atomic mass is 32.2. The SMILES string of the molecule is CS(=O)(=O)Nc1ccc(OCCCN(Cc2ccc3cc(NS(C)(=O)=O)ccc3n2)C2CCCC2)cc1. The van der Waals surface area contributed by atoms with Crippen molar-refractivity contribution in [3.05, 3.63) is 60.3 Å². The van der Waals surface area contributed by atoms with Gasteiger partial charge >= 0.3 is 0 Å². The second kappa shape index (κ2) is 11.7. The molecular weight excluding hydrogens is 512 g/mol. The number of nitrogens with one attached hydrogen (secondary N) is 2. The second-order valence-electron chi connectivity index (χ2n) is 9.59. The fraction of sp³-hybridized carbons (Fsp3) is 0.423. The summed E-state index contributed by atoms with van der Waals surface area (Å²) in [6.07, 6.45) is 7.97. The summed E-state index contributed by atoms with van der Waals surface area (Å²) in [5.74, 6) is 0.701. The van der Waals surface area contributed by atoms with E-state index in [0.717, 1.165) is 48.6 Å². The highest BCUT2D eigenvalue weighted by Gasteiger charge is 2.23. The number of fused-ring (bicyclic) bond motifs is 1. The van der Waals surface area contributed by atoms with Crippen molar-refractivity contribution in [3.63, 3.8) is 0 Å². The van der Waals surface area contributed by atoms with Crippen molar-refractivity contribution in [2.45, 2.75) is 44.7 Å². The first-order chi connectivity index (χ1) is 17.5. The Bertz CT molecular complexity index is 1420. The molecule has 0 bridgehead atoms. The molecule has 3 aromatic rings. The van der Waals surface area contributed by atoms with E-state index >= 15 is 0 Å². The quantitative estimate of drug-likeness (QED) is 0.327. The van der Waals surface area contributed by atoms with Crippen LogP contribution in [0, 0.1) is 0 Å². The molecule has 4 rings (SSSR count). The summed E-state index contributed by atoms with van der Waals surface area (Å²) in [6, 6.07) is 16.8. The van der Waals surface area contributed by atoms with E-state index in [1.54, 1.807) is 36.4 Å². The molecule has 0 saturated heterocycles. The lowest BCUT2D eigenvalue weighted by Gasteiger charge is -2.28. The van der Waals surface area contributed by atoms with Gasteiger partial charge in [-0.15, -0.1) is 0 Å². The van der Waals surface area contributed by atoms with Crippen LogP contribution in [-0.4, -0.2) is 58.4 Å². The Hall–Kier alpha value is -2.89. The van der Waals surface area contributed by atoms with Crippen LogP contribution in [0.15, 0.2) is 54.6 Å². The number of sulfonamides is 2. The monoisotopic (exact) mass is 546 g/mol. The van der Waals surface area contributed by atoms with Gasteiger partial charge in [-0.1, -0.05) is 18.9 Å². The van der Waals surface area contributed by atoms with E-state index in [-0.39, 0.29) is 0 Å². The van der Waals surface area contributed by atoms with Crippen molar-refractivity contribution < 1.29 is 21.6 Å². The molecule has 1 aromatic heterocycles. The third-order valence-electron chi connectivity index (χ3n) is 6.27. The van der Waals surface area contributed by atoms with Gasteiger partial charge in [0.25, 0.3) is 0 Å². The Morgan fingerprint density at radius 2 is 1.54 bits per heavy atom. The van der Waals surface area contributed by atoms with Gasteiger partial charge in [-0.2, -0.15) is 0 Å². The zero-order valence-corrected chi connectivity index (χ0v) is 22.8. The molecule has 1 aliphatic carbocycles. The first-order valence-corrected chi connectivity index (χ1v) is 16.1. The standard InChI is InChI=1S/C26H34N4O5S2/c1-36(31,32)28-21-10-13-25(14-11-21)35-17-5-16-30(24-6-3-4-7-24)19-23-9-8-20-18-22(29-37(2,33)34)12-15-26(20)27-23/h8-15,18,24,28-29H,3-7,16-17,19H2,1-2H3. The molecule has 1 heterocycles. The number of anilines is 2. The van der Waals surface area contributed by atoms with Gasteiger partial charge < -0.3 is 4.74 Å². The lowest BCUT2D eigenvalue weighted by molar-refractivity contribution is 0.170. The van der Waals surface area contributed by atoms with E-state index in [1.165, 1.54) is 25.7 Å². The van der Waals surface area contributed by atoms with Crippen LogP contribution in [0.2, 0.25) is 0 Å². The fourth-order valence-corrected chi connectivity index (χ4v) is 5.81. The van der Waals surface area contributed by atoms with Crippen LogP contribution < -0.4 is 14.2 Å². The normalized spacial score (nSPS) is 14.8. The molecule has 37 heavy (non-hydrogen) atoms. The Labute approximate surface area is 219 Å². The minimum atomic E-state index is -3.33. The van der Waals surface area contributed by atoms with Crippen LogP contribution in [0.5, 0.6) is 5.75 Å². The molecule has 2 N–H and O–H groups in total. The van der Waals surface area contributed by atoms with Gasteiger partial charge in [-0.05, 0) is 67.8 Å². The predicted octanol–water partition coefficient (Wildman–Crippen LogP) is 4.19. The molecular formula is C26H34N4O5S2. The van der Waals surface area contributed by atoms with Crippen molar-refractivity contribution in [2.75, 3.05) is 35.1 Å².